The predicted octanol–water partition coefficient (Wildman–Crippen LogP) is 4.45. The van der Waals surface area contributed by atoms with Crippen molar-refractivity contribution in [1.82, 2.24) is 19.5 Å². The Kier molecular flexibility index (Phi) is 6.29. The van der Waals surface area contributed by atoms with Crippen LogP contribution >= 0.6 is 30.8 Å². The average Bonchev–Trinajstić information content (AvgIpc) is 3.10. The van der Waals surface area contributed by atoms with Crippen molar-refractivity contribution >= 4 is 47.8 Å². The third kappa shape index (κ3) is 4.77. The number of imidazole rings is 1. The largest absolute Gasteiger partial charge is 0.382 e. The fourth-order valence-corrected chi connectivity index (χ4v) is 5.39. The van der Waals surface area contributed by atoms with Crippen molar-refractivity contribution in [2.24, 2.45) is 0 Å². The molecular weight excluding hydrogens is 452 g/mol. The standard InChI is InChI=1S/C18H20Cl2N5O4P/c1-11(7-25-9-24-16-17(21)22-8-23-18(16)25)27-10-30(26)28-3-2-15(29-30)12-4-13(19)6-14(20)5-12/h4-6,8-9,11,15H,2-3,7,10H2,1H3,(H2,21,22,23)/t11?,15-,30?/m0/s1. The van der Waals surface area contributed by atoms with Crippen LogP contribution in [0.4, 0.5) is 5.82 Å². The third-order valence-corrected chi connectivity index (χ3v) is 6.67. The maximum Gasteiger partial charge on any atom is 0.356 e. The van der Waals surface area contributed by atoms with Crippen LogP contribution in [0.3, 0.4) is 0 Å². The topological polar surface area (TPSA) is 114 Å². The highest BCUT2D eigenvalue weighted by Gasteiger charge is 2.35. The molecule has 3 aromatic rings. The summed E-state index contributed by atoms with van der Waals surface area (Å²) >= 11 is 12.1. The van der Waals surface area contributed by atoms with Crippen molar-refractivity contribution in [3.63, 3.8) is 0 Å². The fraction of sp³-hybridized carbons (Fsp3) is 0.389. The van der Waals surface area contributed by atoms with Crippen LogP contribution in [0.2, 0.25) is 10.0 Å². The summed E-state index contributed by atoms with van der Waals surface area (Å²) in [5.74, 6) is 0.313. The molecule has 0 radical (unpaired) electrons. The summed E-state index contributed by atoms with van der Waals surface area (Å²) < 4.78 is 31.8. The SMILES string of the molecule is CC(Cn1cnc2c(N)ncnc21)OCP1(=O)OCC[C@@H](c2cc(Cl)cc(Cl)c2)O1. The van der Waals surface area contributed by atoms with Crippen molar-refractivity contribution in [3.8, 4) is 0 Å². The zero-order chi connectivity index (χ0) is 21.3. The number of rotatable bonds is 6. The van der Waals surface area contributed by atoms with Crippen molar-refractivity contribution in [1.29, 1.82) is 0 Å². The zero-order valence-corrected chi connectivity index (χ0v) is 18.5. The zero-order valence-electron chi connectivity index (χ0n) is 16.1. The molecule has 2 N–H and O–H groups in total. The van der Waals surface area contributed by atoms with Gasteiger partial charge in [-0.3, -0.25) is 9.09 Å². The Bertz CT molecular complexity index is 1090. The summed E-state index contributed by atoms with van der Waals surface area (Å²) in [5, 5.41) is 0.980. The van der Waals surface area contributed by atoms with E-state index in [2.05, 4.69) is 15.0 Å². The van der Waals surface area contributed by atoms with Gasteiger partial charge in [-0.05, 0) is 30.7 Å². The molecule has 9 nitrogen and oxygen atoms in total. The molecule has 160 valence electrons. The molecule has 1 aliphatic heterocycles. The van der Waals surface area contributed by atoms with E-state index in [4.69, 9.17) is 42.7 Å². The van der Waals surface area contributed by atoms with Crippen LogP contribution in [0.1, 0.15) is 25.0 Å². The normalized spacial score (nSPS) is 23.0. The van der Waals surface area contributed by atoms with Crippen LogP contribution in [-0.4, -0.2) is 38.6 Å². The number of nitrogen functional groups attached to an aromatic ring is 1. The van der Waals surface area contributed by atoms with E-state index in [1.807, 2.05) is 6.92 Å². The van der Waals surface area contributed by atoms with Crippen LogP contribution in [0.15, 0.2) is 30.9 Å². The minimum atomic E-state index is -3.44. The molecule has 0 amide bonds. The predicted molar refractivity (Wildman–Crippen MR) is 114 cm³/mol. The molecule has 0 bridgehead atoms. The van der Waals surface area contributed by atoms with Gasteiger partial charge in [0.2, 0.25) is 0 Å². The lowest BCUT2D eigenvalue weighted by Gasteiger charge is -2.30. The van der Waals surface area contributed by atoms with Crippen LogP contribution < -0.4 is 5.73 Å². The highest BCUT2D eigenvalue weighted by Crippen LogP contribution is 2.56. The molecule has 12 heteroatoms. The van der Waals surface area contributed by atoms with Gasteiger partial charge in [-0.2, -0.15) is 0 Å². The van der Waals surface area contributed by atoms with Gasteiger partial charge in [-0.15, -0.1) is 0 Å². The second-order valence-corrected chi connectivity index (χ2v) is 9.79. The number of ether oxygens (including phenoxy) is 1. The molecule has 1 aromatic carbocycles. The smallest absolute Gasteiger partial charge is 0.356 e. The van der Waals surface area contributed by atoms with Crippen molar-refractivity contribution in [2.45, 2.75) is 32.1 Å². The van der Waals surface area contributed by atoms with E-state index in [0.29, 0.717) is 40.0 Å². The van der Waals surface area contributed by atoms with Gasteiger partial charge in [0, 0.05) is 16.5 Å². The van der Waals surface area contributed by atoms with Gasteiger partial charge < -0.3 is 19.6 Å². The van der Waals surface area contributed by atoms with Gasteiger partial charge in [0.1, 0.15) is 18.2 Å². The van der Waals surface area contributed by atoms with Crippen molar-refractivity contribution < 1.29 is 18.3 Å². The molecule has 30 heavy (non-hydrogen) atoms. The van der Waals surface area contributed by atoms with Crippen LogP contribution in [0.25, 0.3) is 11.2 Å². The number of halogens is 2. The van der Waals surface area contributed by atoms with Crippen molar-refractivity contribution in [2.75, 3.05) is 18.7 Å². The summed E-state index contributed by atoms with van der Waals surface area (Å²) in [6, 6.07) is 5.12. The summed E-state index contributed by atoms with van der Waals surface area (Å²) in [6.45, 7) is 2.56. The van der Waals surface area contributed by atoms with E-state index in [1.165, 1.54) is 6.33 Å². The van der Waals surface area contributed by atoms with Gasteiger partial charge in [-0.1, -0.05) is 23.2 Å². The summed E-state index contributed by atoms with van der Waals surface area (Å²) in [7, 11) is -3.44. The monoisotopic (exact) mass is 471 g/mol. The van der Waals surface area contributed by atoms with Gasteiger partial charge >= 0.3 is 7.60 Å². The van der Waals surface area contributed by atoms with E-state index in [0.717, 1.165) is 5.56 Å². The highest BCUT2D eigenvalue weighted by atomic mass is 35.5. The molecule has 3 heterocycles. The fourth-order valence-electron chi connectivity index (χ4n) is 3.21. The number of nitrogens with two attached hydrogens (primary N) is 1. The first kappa shape index (κ1) is 21.5. The minimum Gasteiger partial charge on any atom is -0.382 e. The maximum absolute atomic E-state index is 13.1. The third-order valence-electron chi connectivity index (χ3n) is 4.61. The van der Waals surface area contributed by atoms with E-state index in [9.17, 15) is 4.57 Å². The van der Waals surface area contributed by atoms with Crippen molar-refractivity contribution in [3.05, 3.63) is 46.5 Å². The molecule has 0 saturated carbocycles. The Hall–Kier alpha value is -1.74. The van der Waals surface area contributed by atoms with Crippen LogP contribution in [0.5, 0.6) is 0 Å². The highest BCUT2D eigenvalue weighted by molar-refractivity contribution is 7.53. The Balaban J connectivity index is 1.39. The molecule has 4 rings (SSSR count). The van der Waals surface area contributed by atoms with Crippen LogP contribution in [-0.2, 0) is 24.9 Å². The first-order chi connectivity index (χ1) is 14.3. The second-order valence-electron chi connectivity index (χ2n) is 6.96. The molecule has 2 unspecified atom stereocenters. The number of anilines is 1. The summed E-state index contributed by atoms with van der Waals surface area (Å²) in [4.78, 5) is 12.4. The molecule has 3 atom stereocenters. The number of hydrogen-bond acceptors (Lipinski definition) is 8. The number of benzene rings is 1. The first-order valence-corrected chi connectivity index (χ1v) is 11.7. The Morgan fingerprint density at radius 1 is 1.30 bits per heavy atom. The first-order valence-electron chi connectivity index (χ1n) is 9.24. The number of fused-ring (bicyclic) bond motifs is 1. The van der Waals surface area contributed by atoms with Gasteiger partial charge in [0.15, 0.2) is 11.5 Å². The minimum absolute atomic E-state index is 0.178. The van der Waals surface area contributed by atoms with Crippen LogP contribution in [0, 0.1) is 0 Å². The Morgan fingerprint density at radius 3 is 2.83 bits per heavy atom. The number of nitrogens with zero attached hydrogens (tertiary/aromatic N) is 4. The molecule has 2 aromatic heterocycles. The van der Waals surface area contributed by atoms with E-state index >= 15 is 0 Å². The molecule has 0 aliphatic carbocycles. The lowest BCUT2D eigenvalue weighted by atomic mass is 10.1. The molecule has 1 fully saturated rings. The lowest BCUT2D eigenvalue weighted by molar-refractivity contribution is 0.0340. The lowest BCUT2D eigenvalue weighted by Crippen LogP contribution is -2.21. The van der Waals surface area contributed by atoms with Gasteiger partial charge in [0.25, 0.3) is 0 Å². The van der Waals surface area contributed by atoms with E-state index in [-0.39, 0.29) is 19.1 Å². The quantitative estimate of drug-likeness (QED) is 0.524. The molecular formula is C18H20Cl2N5O4P. The summed E-state index contributed by atoms with van der Waals surface area (Å²) in [6.07, 6.45) is 2.62. The molecule has 0 spiro atoms. The molecule has 1 aliphatic rings. The Labute approximate surface area is 183 Å². The second kappa shape index (κ2) is 8.78. The Morgan fingerprint density at radius 2 is 2.07 bits per heavy atom. The number of hydrogen-bond donors (Lipinski definition) is 1. The van der Waals surface area contributed by atoms with Gasteiger partial charge in [-0.25, -0.2) is 15.0 Å². The molecule has 1 saturated heterocycles. The number of aromatic nitrogens is 4. The average molecular weight is 472 g/mol. The summed E-state index contributed by atoms with van der Waals surface area (Å²) in [5.41, 5.74) is 7.70. The van der Waals surface area contributed by atoms with E-state index in [1.54, 1.807) is 29.1 Å². The van der Waals surface area contributed by atoms with E-state index < -0.39 is 13.7 Å². The van der Waals surface area contributed by atoms with Gasteiger partial charge in [0.05, 0.1) is 31.7 Å². The maximum atomic E-state index is 13.1.